The van der Waals surface area contributed by atoms with Crippen LogP contribution in [0.1, 0.15) is 25.7 Å². The number of ether oxygens (including phenoxy) is 2. The van der Waals surface area contributed by atoms with Gasteiger partial charge in [0.1, 0.15) is 0 Å². The normalized spacial score (nSPS) is 34.3. The van der Waals surface area contributed by atoms with E-state index in [1.165, 1.54) is 0 Å². The van der Waals surface area contributed by atoms with Gasteiger partial charge in [-0.2, -0.15) is 4.31 Å². The van der Waals surface area contributed by atoms with Gasteiger partial charge in [-0.25, -0.2) is 8.42 Å². The third-order valence-corrected chi connectivity index (χ3v) is 6.43. The van der Waals surface area contributed by atoms with Gasteiger partial charge in [0.25, 0.3) is 0 Å². The van der Waals surface area contributed by atoms with Gasteiger partial charge in [0.15, 0.2) is 0 Å². The van der Waals surface area contributed by atoms with Crippen molar-refractivity contribution in [2.24, 2.45) is 5.73 Å². The Bertz CT molecular complexity index is 381. The fourth-order valence-electron chi connectivity index (χ4n) is 2.89. The molecule has 7 heteroatoms. The molecule has 6 nitrogen and oxygen atoms in total. The van der Waals surface area contributed by atoms with Crippen molar-refractivity contribution in [1.82, 2.24) is 4.31 Å². The molecule has 2 saturated heterocycles. The summed E-state index contributed by atoms with van der Waals surface area (Å²) in [7, 11) is -1.64. The van der Waals surface area contributed by atoms with Crippen molar-refractivity contribution in [2.75, 3.05) is 33.4 Å². The summed E-state index contributed by atoms with van der Waals surface area (Å²) in [6, 6.07) is -0.148. The molecule has 0 amide bonds. The zero-order valence-electron chi connectivity index (χ0n) is 11.5. The summed E-state index contributed by atoms with van der Waals surface area (Å²) >= 11 is 0. The Morgan fingerprint density at radius 2 is 2.21 bits per heavy atom. The van der Waals surface area contributed by atoms with Gasteiger partial charge in [-0.3, -0.25) is 0 Å². The highest BCUT2D eigenvalue weighted by molar-refractivity contribution is 7.89. The average molecular weight is 292 g/mol. The van der Waals surface area contributed by atoms with Gasteiger partial charge in [-0.15, -0.1) is 0 Å². The molecule has 0 radical (unpaired) electrons. The molecule has 0 spiro atoms. The summed E-state index contributed by atoms with van der Waals surface area (Å²) in [5.74, 6) is 0. The number of nitrogens with two attached hydrogens (primary N) is 1. The van der Waals surface area contributed by atoms with E-state index in [0.29, 0.717) is 39.1 Å². The first kappa shape index (κ1) is 15.2. The van der Waals surface area contributed by atoms with Crippen LogP contribution in [0.3, 0.4) is 0 Å². The first-order valence-electron chi connectivity index (χ1n) is 6.91. The first-order valence-corrected chi connectivity index (χ1v) is 8.41. The van der Waals surface area contributed by atoms with E-state index in [2.05, 4.69) is 0 Å². The van der Waals surface area contributed by atoms with Crippen LogP contribution >= 0.6 is 0 Å². The highest BCUT2D eigenvalue weighted by atomic mass is 32.2. The summed E-state index contributed by atoms with van der Waals surface area (Å²) in [5.41, 5.74) is 5.74. The second-order valence-corrected chi connectivity index (χ2v) is 7.43. The molecule has 0 aromatic heterocycles. The molecule has 3 atom stereocenters. The molecule has 0 aromatic carbocycles. The zero-order chi connectivity index (χ0) is 13.9. The van der Waals surface area contributed by atoms with E-state index >= 15 is 0 Å². The minimum absolute atomic E-state index is 0.114. The standard InChI is InChI=1S/C12H24N2O4S/c1-17-11-4-5-14(10(7-11)8-13)19(15,16)12-3-2-6-18-9-12/h10-12H,2-9,13H2,1H3. The molecule has 2 heterocycles. The molecule has 2 fully saturated rings. The molecule has 0 bridgehead atoms. The van der Waals surface area contributed by atoms with Crippen LogP contribution in [0.2, 0.25) is 0 Å². The lowest BCUT2D eigenvalue weighted by Crippen LogP contribution is -2.54. The third-order valence-electron chi connectivity index (χ3n) is 4.09. The Balaban J connectivity index is 2.10. The number of rotatable bonds is 4. The Morgan fingerprint density at radius 1 is 1.42 bits per heavy atom. The van der Waals surface area contributed by atoms with Crippen molar-refractivity contribution in [3.05, 3.63) is 0 Å². The van der Waals surface area contributed by atoms with E-state index in [1.807, 2.05) is 0 Å². The predicted octanol–water partition coefficient (Wildman–Crippen LogP) is -0.0667. The smallest absolute Gasteiger partial charge is 0.219 e. The SMILES string of the molecule is COC1CCN(S(=O)(=O)C2CCCOC2)C(CN)C1. The zero-order valence-corrected chi connectivity index (χ0v) is 12.3. The molecule has 2 rings (SSSR count). The van der Waals surface area contributed by atoms with Crippen LogP contribution in [0.15, 0.2) is 0 Å². The predicted molar refractivity (Wildman–Crippen MR) is 72.3 cm³/mol. The second kappa shape index (κ2) is 6.49. The van der Waals surface area contributed by atoms with Gasteiger partial charge in [-0.05, 0) is 25.7 Å². The molecule has 2 aliphatic rings. The summed E-state index contributed by atoms with van der Waals surface area (Å²) in [4.78, 5) is 0. The lowest BCUT2D eigenvalue weighted by atomic mass is 10.0. The number of methoxy groups -OCH3 is 1. The highest BCUT2D eigenvalue weighted by Crippen LogP contribution is 2.27. The Kier molecular flexibility index (Phi) is 5.19. The summed E-state index contributed by atoms with van der Waals surface area (Å²) in [6.45, 7) is 1.81. The highest BCUT2D eigenvalue weighted by Gasteiger charge is 2.40. The minimum atomic E-state index is -3.31. The largest absolute Gasteiger partial charge is 0.381 e. The van der Waals surface area contributed by atoms with Crippen LogP contribution in [0.25, 0.3) is 0 Å². The number of piperidine rings is 1. The number of nitrogens with zero attached hydrogens (tertiary/aromatic N) is 1. The number of hydrogen-bond acceptors (Lipinski definition) is 5. The summed E-state index contributed by atoms with van der Waals surface area (Å²) in [6.07, 6.45) is 3.03. The van der Waals surface area contributed by atoms with E-state index in [9.17, 15) is 8.42 Å². The number of hydrogen-bond donors (Lipinski definition) is 1. The molecule has 3 unspecified atom stereocenters. The molecule has 2 N–H and O–H groups in total. The average Bonchev–Trinajstić information content (AvgIpc) is 2.47. The van der Waals surface area contributed by atoms with Gasteiger partial charge in [-0.1, -0.05) is 0 Å². The van der Waals surface area contributed by atoms with Gasteiger partial charge in [0.2, 0.25) is 10.0 Å². The maximum atomic E-state index is 12.7. The van der Waals surface area contributed by atoms with Gasteiger partial charge in [0, 0.05) is 32.8 Å². The quantitative estimate of drug-likeness (QED) is 0.784. The van der Waals surface area contributed by atoms with Crippen LogP contribution < -0.4 is 5.73 Å². The topological polar surface area (TPSA) is 81.9 Å². The monoisotopic (exact) mass is 292 g/mol. The van der Waals surface area contributed by atoms with Crippen LogP contribution in [-0.2, 0) is 19.5 Å². The Labute approximate surface area is 115 Å². The van der Waals surface area contributed by atoms with E-state index in [-0.39, 0.29) is 12.1 Å². The Morgan fingerprint density at radius 3 is 2.79 bits per heavy atom. The van der Waals surface area contributed by atoms with Crippen molar-refractivity contribution in [3.8, 4) is 0 Å². The maximum absolute atomic E-state index is 12.7. The maximum Gasteiger partial charge on any atom is 0.219 e. The van der Waals surface area contributed by atoms with Crippen LogP contribution in [0.4, 0.5) is 0 Å². The van der Waals surface area contributed by atoms with E-state index in [0.717, 1.165) is 12.8 Å². The molecule has 19 heavy (non-hydrogen) atoms. The van der Waals surface area contributed by atoms with E-state index in [4.69, 9.17) is 15.2 Å². The Hall–Kier alpha value is -0.210. The lowest BCUT2D eigenvalue weighted by Gasteiger charge is -2.39. The molecule has 0 saturated carbocycles. The van der Waals surface area contributed by atoms with Crippen LogP contribution in [0.5, 0.6) is 0 Å². The third kappa shape index (κ3) is 3.28. The van der Waals surface area contributed by atoms with Crippen molar-refractivity contribution >= 4 is 10.0 Å². The molecule has 0 aromatic rings. The fraction of sp³-hybridized carbons (Fsp3) is 1.00. The van der Waals surface area contributed by atoms with Gasteiger partial charge in [0.05, 0.1) is 18.0 Å². The molecule has 2 aliphatic heterocycles. The first-order chi connectivity index (χ1) is 9.09. The molecule has 0 aliphatic carbocycles. The molecular formula is C12H24N2O4S. The van der Waals surface area contributed by atoms with E-state index < -0.39 is 15.3 Å². The van der Waals surface area contributed by atoms with Crippen molar-refractivity contribution < 1.29 is 17.9 Å². The van der Waals surface area contributed by atoms with Gasteiger partial charge >= 0.3 is 0 Å². The van der Waals surface area contributed by atoms with Crippen LogP contribution in [0, 0.1) is 0 Å². The molecular weight excluding hydrogens is 268 g/mol. The van der Waals surface area contributed by atoms with Crippen molar-refractivity contribution in [3.63, 3.8) is 0 Å². The van der Waals surface area contributed by atoms with Crippen LogP contribution in [-0.4, -0.2) is 63.5 Å². The number of sulfonamides is 1. The van der Waals surface area contributed by atoms with Crippen molar-refractivity contribution in [1.29, 1.82) is 0 Å². The van der Waals surface area contributed by atoms with Crippen molar-refractivity contribution in [2.45, 2.75) is 43.1 Å². The van der Waals surface area contributed by atoms with Gasteiger partial charge < -0.3 is 15.2 Å². The minimum Gasteiger partial charge on any atom is -0.381 e. The fourth-order valence-corrected chi connectivity index (χ4v) is 4.96. The lowest BCUT2D eigenvalue weighted by molar-refractivity contribution is 0.0384. The second-order valence-electron chi connectivity index (χ2n) is 5.27. The summed E-state index contributed by atoms with van der Waals surface area (Å²) < 4.78 is 37.5. The molecule has 112 valence electrons. The van der Waals surface area contributed by atoms with E-state index in [1.54, 1.807) is 11.4 Å². The summed E-state index contributed by atoms with van der Waals surface area (Å²) in [5, 5.41) is -0.408.